The molecule has 0 saturated carbocycles. The Bertz CT molecular complexity index is 1700. The van der Waals surface area contributed by atoms with Crippen LogP contribution in [0.3, 0.4) is 0 Å². The summed E-state index contributed by atoms with van der Waals surface area (Å²) in [6, 6.07) is 8.25. The molecular formula is C41H57N3O11. The van der Waals surface area contributed by atoms with Crippen LogP contribution in [0.15, 0.2) is 60.7 Å². The van der Waals surface area contributed by atoms with Crippen molar-refractivity contribution in [3.8, 4) is 0 Å². The van der Waals surface area contributed by atoms with Crippen molar-refractivity contribution in [2.75, 3.05) is 21.2 Å². The van der Waals surface area contributed by atoms with Crippen molar-refractivity contribution in [2.24, 2.45) is 17.8 Å². The molecule has 0 amide bonds. The van der Waals surface area contributed by atoms with Crippen LogP contribution in [0.2, 0.25) is 0 Å². The van der Waals surface area contributed by atoms with Crippen molar-refractivity contribution in [1.82, 2.24) is 14.5 Å². The van der Waals surface area contributed by atoms with Gasteiger partial charge in [0.25, 0.3) is 0 Å². The lowest BCUT2D eigenvalue weighted by atomic mass is 9.77. The third-order valence-electron chi connectivity index (χ3n) is 10.9. The minimum atomic E-state index is -1.61. The van der Waals surface area contributed by atoms with Crippen molar-refractivity contribution < 1.29 is 52.4 Å². The van der Waals surface area contributed by atoms with E-state index in [4.69, 9.17) is 28.4 Å². The number of Topliss-reactive ketones (excluding diaryl/α,β-unsaturated/α-hetero) is 2. The van der Waals surface area contributed by atoms with Crippen molar-refractivity contribution in [3.05, 3.63) is 66.3 Å². The lowest BCUT2D eigenvalue weighted by molar-refractivity contribution is -0.294. The number of likely N-dealkylation sites (N-methyl/N-ethyl adjacent to an activating group) is 1. The Morgan fingerprint density at radius 3 is 2.31 bits per heavy atom. The average Bonchev–Trinajstić information content (AvgIpc) is 3.70. The smallest absolute Gasteiger partial charge is 0.420 e. The number of benzene rings is 1. The second kappa shape index (κ2) is 18.1. The van der Waals surface area contributed by atoms with E-state index in [1.54, 1.807) is 71.9 Å². The summed E-state index contributed by atoms with van der Waals surface area (Å²) in [6.07, 6.45) is 0.963. The molecule has 0 spiro atoms. The highest BCUT2D eigenvalue weighted by molar-refractivity contribution is 6.00. The highest BCUT2D eigenvalue weighted by Gasteiger charge is 2.51. The maximum absolute atomic E-state index is 14.4. The standard InChI is InChI=1S/C41H57N3O11/c1-12-31-40(7,55-39(49)44-19-18-42-23-44)21-24(2)32(45)25(3)22-41(8,50-11)35(27(5)33(46)28(6)36(47)52-31)54-38-34(30(43(9)10)20-26(4)51-38)53-37(48)29-16-14-13-15-17-29/h13-19,21,23,25-28,30-31,34-35,38H,12,20,22H2,1-11H3/b24-21+/t25-,26-,27+,28-,30+,31?,34-,35-,38+,40+,41+/m1/s1. The van der Waals surface area contributed by atoms with Gasteiger partial charge in [0.1, 0.15) is 18.3 Å². The van der Waals surface area contributed by atoms with Crippen molar-refractivity contribution in [3.63, 3.8) is 0 Å². The normalized spacial score (nSPS) is 34.9. The molecule has 1 fully saturated rings. The van der Waals surface area contributed by atoms with Crippen molar-refractivity contribution in [2.45, 2.75) is 123 Å². The molecule has 1 aromatic carbocycles. The maximum atomic E-state index is 14.4. The van der Waals surface area contributed by atoms with E-state index in [-0.39, 0.29) is 36.3 Å². The summed E-state index contributed by atoms with van der Waals surface area (Å²) in [5, 5.41) is 0. The minimum absolute atomic E-state index is 0.0746. The first-order valence-corrected chi connectivity index (χ1v) is 18.8. The van der Waals surface area contributed by atoms with Crippen LogP contribution < -0.4 is 0 Å². The van der Waals surface area contributed by atoms with Gasteiger partial charge in [-0.25, -0.2) is 19.1 Å². The molecule has 55 heavy (non-hydrogen) atoms. The molecule has 3 heterocycles. The number of methoxy groups -OCH3 is 1. The number of nitrogens with zero attached hydrogens (tertiary/aromatic N) is 3. The Hall–Kier alpha value is -4.24. The molecule has 2 aromatic rings. The maximum Gasteiger partial charge on any atom is 0.420 e. The lowest BCUT2D eigenvalue weighted by Crippen LogP contribution is -2.60. The molecule has 1 saturated heterocycles. The van der Waals surface area contributed by atoms with Crippen molar-refractivity contribution in [1.29, 1.82) is 0 Å². The number of aromatic nitrogens is 2. The highest BCUT2D eigenvalue weighted by atomic mass is 16.7. The topological polar surface area (TPSA) is 162 Å². The Kier molecular flexibility index (Phi) is 14.3. The molecule has 0 bridgehead atoms. The number of carbonyl (C=O) groups excluding carboxylic acids is 5. The third-order valence-corrected chi connectivity index (χ3v) is 10.9. The van der Waals surface area contributed by atoms with E-state index in [2.05, 4.69) is 4.98 Å². The van der Waals surface area contributed by atoms with Crippen LogP contribution in [0, 0.1) is 17.8 Å². The second-order valence-corrected chi connectivity index (χ2v) is 15.5. The Morgan fingerprint density at radius 2 is 1.73 bits per heavy atom. The van der Waals surface area contributed by atoms with E-state index in [1.807, 2.05) is 25.9 Å². The quantitative estimate of drug-likeness (QED) is 0.190. The van der Waals surface area contributed by atoms with E-state index in [1.165, 1.54) is 38.8 Å². The first-order chi connectivity index (χ1) is 25.8. The first-order valence-electron chi connectivity index (χ1n) is 18.8. The number of ketones is 2. The molecule has 1 unspecified atom stereocenters. The average molecular weight is 768 g/mol. The summed E-state index contributed by atoms with van der Waals surface area (Å²) in [6.45, 7) is 13.4. The van der Waals surface area contributed by atoms with Gasteiger partial charge >= 0.3 is 18.0 Å². The van der Waals surface area contributed by atoms with Crippen LogP contribution in [0.25, 0.3) is 0 Å². The zero-order chi connectivity index (χ0) is 40.8. The molecule has 14 nitrogen and oxygen atoms in total. The zero-order valence-electron chi connectivity index (χ0n) is 33.8. The van der Waals surface area contributed by atoms with E-state index in [0.29, 0.717) is 12.0 Å². The Balaban J connectivity index is 1.78. The lowest BCUT2D eigenvalue weighted by Gasteiger charge is -2.47. The summed E-state index contributed by atoms with van der Waals surface area (Å²) in [4.78, 5) is 74.9. The minimum Gasteiger partial charge on any atom is -0.457 e. The predicted octanol–water partition coefficient (Wildman–Crippen LogP) is 5.43. The summed E-state index contributed by atoms with van der Waals surface area (Å²) in [5.74, 6) is -5.23. The molecule has 14 heteroatoms. The van der Waals surface area contributed by atoms with Gasteiger partial charge in [0.15, 0.2) is 29.6 Å². The molecule has 2 aliphatic heterocycles. The molecular weight excluding hydrogens is 710 g/mol. The summed E-state index contributed by atoms with van der Waals surface area (Å²) in [7, 11) is 5.21. The molecule has 0 radical (unpaired) electrons. The highest BCUT2D eigenvalue weighted by Crippen LogP contribution is 2.38. The number of carbonyl (C=O) groups is 5. The predicted molar refractivity (Wildman–Crippen MR) is 201 cm³/mol. The van der Waals surface area contributed by atoms with Crippen LogP contribution in [0.1, 0.15) is 85.0 Å². The van der Waals surface area contributed by atoms with Crippen molar-refractivity contribution >= 4 is 29.6 Å². The molecule has 302 valence electrons. The Labute approximate surface area is 323 Å². The van der Waals surface area contributed by atoms with Gasteiger partial charge < -0.3 is 33.3 Å². The van der Waals surface area contributed by atoms with Crippen LogP contribution in [0.4, 0.5) is 4.79 Å². The monoisotopic (exact) mass is 767 g/mol. The zero-order valence-corrected chi connectivity index (χ0v) is 33.8. The molecule has 11 atom stereocenters. The molecule has 1 aromatic heterocycles. The van der Waals surface area contributed by atoms with Gasteiger partial charge in [0, 0.05) is 31.3 Å². The van der Waals surface area contributed by atoms with Gasteiger partial charge in [0.05, 0.1) is 29.4 Å². The van der Waals surface area contributed by atoms with E-state index in [9.17, 15) is 24.0 Å². The fourth-order valence-corrected chi connectivity index (χ4v) is 7.68. The summed E-state index contributed by atoms with van der Waals surface area (Å²) < 4.78 is 38.5. The van der Waals surface area contributed by atoms with Gasteiger partial charge in [-0.1, -0.05) is 39.0 Å². The number of hydrogen-bond donors (Lipinski definition) is 0. The largest absolute Gasteiger partial charge is 0.457 e. The second-order valence-electron chi connectivity index (χ2n) is 15.5. The fraction of sp³-hybridized carbons (Fsp3) is 0.610. The number of allylic oxidation sites excluding steroid dienone is 1. The summed E-state index contributed by atoms with van der Waals surface area (Å²) in [5.41, 5.74) is -2.32. The van der Waals surface area contributed by atoms with Gasteiger partial charge in [0.2, 0.25) is 0 Å². The fourth-order valence-electron chi connectivity index (χ4n) is 7.68. The number of hydrogen-bond acceptors (Lipinski definition) is 13. The molecule has 0 N–H and O–H groups in total. The van der Waals surface area contributed by atoms with E-state index >= 15 is 0 Å². The summed E-state index contributed by atoms with van der Waals surface area (Å²) >= 11 is 0. The molecule has 2 aliphatic rings. The van der Waals surface area contributed by atoms with Gasteiger partial charge in [-0.15, -0.1) is 0 Å². The first kappa shape index (κ1) is 43.5. The number of ether oxygens (including phenoxy) is 6. The van der Waals surface area contributed by atoms with Gasteiger partial charge in [-0.05, 0) is 91.8 Å². The van der Waals surface area contributed by atoms with Crippen LogP contribution in [0.5, 0.6) is 0 Å². The number of esters is 2. The van der Waals surface area contributed by atoms with Gasteiger partial charge in [-0.2, -0.15) is 0 Å². The number of rotatable bonds is 8. The van der Waals surface area contributed by atoms with E-state index < -0.39 is 77.4 Å². The molecule has 4 rings (SSSR count). The van der Waals surface area contributed by atoms with Gasteiger partial charge in [-0.3, -0.25) is 14.4 Å². The van der Waals surface area contributed by atoms with Crippen LogP contribution in [-0.4, -0.2) is 113 Å². The molecule has 0 aliphatic carbocycles. The number of cyclic esters (lactones) is 1. The van der Waals surface area contributed by atoms with Crippen LogP contribution >= 0.6 is 0 Å². The Morgan fingerprint density at radius 1 is 1.05 bits per heavy atom. The SMILES string of the molecule is CCC1OC(=O)[C@H](C)C(=O)[C@H](C)[C@@H](O[C@@H]2O[C@H](C)C[C@H](N(C)C)[C@H]2OC(=O)c2ccccc2)[C@@](C)(OC)C[C@@H](C)C(=O)/C(C)=C/[C@]1(C)OC(=O)n1ccnc1. The van der Waals surface area contributed by atoms with E-state index in [0.717, 1.165) is 4.57 Å². The number of imidazole rings is 1. The third kappa shape index (κ3) is 9.96. The van der Waals surface area contributed by atoms with Crippen LogP contribution in [-0.2, 0) is 42.8 Å².